The van der Waals surface area contributed by atoms with Crippen LogP contribution < -0.4 is 4.90 Å². The standard InChI is InChI=1S/C23H21ClFNO2/c1-23(2)12-19-22(20(27)13-23)18(14-5-3-6-15(24)9-14)11-21(28)26(19)17-8-4-7-16(25)10-17/h3-10,18H,11-13H2,1-2H3. The summed E-state index contributed by atoms with van der Waals surface area (Å²) in [4.78, 5) is 27.9. The van der Waals surface area contributed by atoms with Crippen LogP contribution in [0.2, 0.25) is 5.02 Å². The van der Waals surface area contributed by atoms with E-state index in [4.69, 9.17) is 11.6 Å². The second-order valence-electron chi connectivity index (χ2n) is 8.32. The molecule has 28 heavy (non-hydrogen) atoms. The zero-order valence-electron chi connectivity index (χ0n) is 15.8. The number of anilines is 1. The number of rotatable bonds is 2. The Kier molecular flexibility index (Phi) is 4.62. The fourth-order valence-corrected chi connectivity index (χ4v) is 4.54. The highest BCUT2D eigenvalue weighted by atomic mass is 35.5. The summed E-state index contributed by atoms with van der Waals surface area (Å²) in [6.07, 6.45) is 1.16. The number of ketones is 1. The molecule has 1 unspecified atom stereocenters. The largest absolute Gasteiger partial charge is 0.294 e. The summed E-state index contributed by atoms with van der Waals surface area (Å²) >= 11 is 6.16. The average Bonchev–Trinajstić information content (AvgIpc) is 2.59. The first-order valence-corrected chi connectivity index (χ1v) is 9.73. The van der Waals surface area contributed by atoms with Crippen LogP contribution in [0.4, 0.5) is 10.1 Å². The molecule has 0 fully saturated rings. The molecule has 0 bridgehead atoms. The molecule has 1 heterocycles. The predicted molar refractivity (Wildman–Crippen MR) is 108 cm³/mol. The van der Waals surface area contributed by atoms with Gasteiger partial charge in [-0.05, 0) is 47.7 Å². The minimum absolute atomic E-state index is 0.0464. The highest BCUT2D eigenvalue weighted by Crippen LogP contribution is 2.48. The Morgan fingerprint density at radius 2 is 1.82 bits per heavy atom. The lowest BCUT2D eigenvalue weighted by molar-refractivity contribution is -0.121. The highest BCUT2D eigenvalue weighted by molar-refractivity contribution is 6.30. The molecule has 0 spiro atoms. The van der Waals surface area contributed by atoms with Gasteiger partial charge >= 0.3 is 0 Å². The van der Waals surface area contributed by atoms with Crippen molar-refractivity contribution in [1.82, 2.24) is 0 Å². The minimum Gasteiger partial charge on any atom is -0.294 e. The van der Waals surface area contributed by atoms with E-state index < -0.39 is 5.82 Å². The number of nitrogens with zero attached hydrogens (tertiary/aromatic N) is 1. The maximum absolute atomic E-state index is 13.9. The molecule has 2 aromatic rings. The summed E-state index contributed by atoms with van der Waals surface area (Å²) < 4.78 is 13.9. The second kappa shape index (κ2) is 6.85. The van der Waals surface area contributed by atoms with Crippen LogP contribution in [0.5, 0.6) is 0 Å². The van der Waals surface area contributed by atoms with Gasteiger partial charge in [-0.25, -0.2) is 4.39 Å². The maximum Gasteiger partial charge on any atom is 0.232 e. The molecule has 2 aromatic carbocycles. The number of amides is 1. The summed E-state index contributed by atoms with van der Waals surface area (Å²) in [6.45, 7) is 4.04. The van der Waals surface area contributed by atoms with E-state index in [0.717, 1.165) is 5.56 Å². The van der Waals surface area contributed by atoms with Crippen molar-refractivity contribution in [2.75, 3.05) is 4.90 Å². The van der Waals surface area contributed by atoms with Crippen molar-refractivity contribution in [3.63, 3.8) is 0 Å². The smallest absolute Gasteiger partial charge is 0.232 e. The molecule has 2 aliphatic rings. The fraction of sp³-hybridized carbons (Fsp3) is 0.304. The Labute approximate surface area is 168 Å². The summed E-state index contributed by atoms with van der Waals surface area (Å²) in [5.41, 5.74) is 2.41. The van der Waals surface area contributed by atoms with Gasteiger partial charge in [0.05, 0.1) is 5.69 Å². The first-order valence-electron chi connectivity index (χ1n) is 9.35. The molecular formula is C23H21ClFNO2. The average molecular weight is 398 g/mol. The number of hydrogen-bond donors (Lipinski definition) is 0. The molecule has 0 saturated carbocycles. The Hall–Kier alpha value is -2.46. The summed E-state index contributed by atoms with van der Waals surface area (Å²) in [7, 11) is 0. The van der Waals surface area contributed by atoms with E-state index in [1.807, 2.05) is 32.0 Å². The quantitative estimate of drug-likeness (QED) is 0.657. The molecule has 1 atom stereocenters. The third-order valence-corrected chi connectivity index (χ3v) is 5.70. The number of benzene rings is 2. The van der Waals surface area contributed by atoms with Crippen molar-refractivity contribution in [1.29, 1.82) is 0 Å². The van der Waals surface area contributed by atoms with Crippen molar-refractivity contribution in [3.05, 3.63) is 76.2 Å². The normalized spacial score (nSPS) is 21.7. The fourth-order valence-electron chi connectivity index (χ4n) is 4.34. The van der Waals surface area contributed by atoms with Crippen LogP contribution in [0.3, 0.4) is 0 Å². The molecular weight excluding hydrogens is 377 g/mol. The van der Waals surface area contributed by atoms with Crippen molar-refractivity contribution >= 4 is 29.0 Å². The Bertz CT molecular complexity index is 1010. The maximum atomic E-state index is 13.9. The minimum atomic E-state index is -0.411. The third kappa shape index (κ3) is 3.37. The van der Waals surface area contributed by atoms with Gasteiger partial charge in [-0.2, -0.15) is 0 Å². The lowest BCUT2D eigenvalue weighted by Crippen LogP contribution is -2.43. The molecule has 1 aliphatic heterocycles. The number of carbonyl (C=O) groups excluding carboxylic acids is 2. The molecule has 5 heteroatoms. The zero-order valence-corrected chi connectivity index (χ0v) is 16.6. The van der Waals surface area contributed by atoms with Gasteiger partial charge in [0, 0.05) is 35.1 Å². The van der Waals surface area contributed by atoms with Gasteiger partial charge in [-0.3, -0.25) is 14.5 Å². The number of halogens is 2. The van der Waals surface area contributed by atoms with Gasteiger partial charge in [-0.15, -0.1) is 0 Å². The Morgan fingerprint density at radius 3 is 2.54 bits per heavy atom. The molecule has 1 amide bonds. The van der Waals surface area contributed by atoms with Gasteiger partial charge < -0.3 is 0 Å². The number of hydrogen-bond acceptors (Lipinski definition) is 2. The van der Waals surface area contributed by atoms with E-state index in [-0.39, 0.29) is 29.4 Å². The van der Waals surface area contributed by atoms with Crippen LogP contribution in [0.1, 0.15) is 44.6 Å². The van der Waals surface area contributed by atoms with Gasteiger partial charge in [-0.1, -0.05) is 43.6 Å². The lowest BCUT2D eigenvalue weighted by Gasteiger charge is -2.43. The Balaban J connectivity index is 1.91. The summed E-state index contributed by atoms with van der Waals surface area (Å²) in [6, 6.07) is 13.3. The topological polar surface area (TPSA) is 37.4 Å². The third-order valence-electron chi connectivity index (χ3n) is 5.46. The molecule has 0 N–H and O–H groups in total. The molecule has 0 saturated heterocycles. The van der Waals surface area contributed by atoms with Crippen molar-refractivity contribution in [2.24, 2.45) is 5.41 Å². The van der Waals surface area contributed by atoms with Crippen LogP contribution in [-0.4, -0.2) is 11.7 Å². The van der Waals surface area contributed by atoms with Gasteiger partial charge in [0.15, 0.2) is 5.78 Å². The van der Waals surface area contributed by atoms with E-state index >= 15 is 0 Å². The molecule has 0 aromatic heterocycles. The van der Waals surface area contributed by atoms with Gasteiger partial charge in [0.1, 0.15) is 5.82 Å². The van der Waals surface area contributed by atoms with Crippen LogP contribution in [0.25, 0.3) is 0 Å². The number of allylic oxidation sites excluding steroid dienone is 2. The van der Waals surface area contributed by atoms with Crippen molar-refractivity contribution in [3.8, 4) is 0 Å². The van der Waals surface area contributed by atoms with Crippen LogP contribution in [0, 0.1) is 11.2 Å². The lowest BCUT2D eigenvalue weighted by atomic mass is 9.69. The van der Waals surface area contributed by atoms with Crippen LogP contribution in [0.15, 0.2) is 59.8 Å². The Morgan fingerprint density at radius 1 is 1.07 bits per heavy atom. The van der Waals surface area contributed by atoms with Gasteiger partial charge in [0.2, 0.25) is 5.91 Å². The van der Waals surface area contributed by atoms with E-state index in [2.05, 4.69) is 0 Å². The highest BCUT2D eigenvalue weighted by Gasteiger charge is 2.44. The van der Waals surface area contributed by atoms with E-state index in [1.54, 1.807) is 18.2 Å². The zero-order chi connectivity index (χ0) is 20.1. The molecule has 1 aliphatic carbocycles. The number of Topliss-reactive ketones (excluding diaryl/α,β-unsaturated/α-hetero) is 1. The second-order valence-corrected chi connectivity index (χ2v) is 8.76. The molecule has 144 valence electrons. The van der Waals surface area contributed by atoms with Crippen molar-refractivity contribution < 1.29 is 14.0 Å². The monoisotopic (exact) mass is 397 g/mol. The molecule has 0 radical (unpaired) electrons. The molecule has 4 rings (SSSR count). The van der Waals surface area contributed by atoms with Crippen molar-refractivity contribution in [2.45, 2.75) is 39.0 Å². The first kappa shape index (κ1) is 18.9. The molecule has 3 nitrogen and oxygen atoms in total. The summed E-state index contributed by atoms with van der Waals surface area (Å²) in [5.74, 6) is -0.828. The first-order chi connectivity index (χ1) is 13.2. The van der Waals surface area contributed by atoms with E-state index in [1.165, 1.54) is 17.0 Å². The van der Waals surface area contributed by atoms with E-state index in [0.29, 0.717) is 34.8 Å². The number of carbonyl (C=O) groups is 2. The van der Waals surface area contributed by atoms with E-state index in [9.17, 15) is 14.0 Å². The van der Waals surface area contributed by atoms with Crippen LogP contribution in [-0.2, 0) is 9.59 Å². The van der Waals surface area contributed by atoms with Crippen LogP contribution >= 0.6 is 11.6 Å². The predicted octanol–water partition coefficient (Wildman–Crippen LogP) is 5.64. The summed E-state index contributed by atoms with van der Waals surface area (Å²) in [5, 5.41) is 0.572. The van der Waals surface area contributed by atoms with Gasteiger partial charge in [0.25, 0.3) is 0 Å². The SMILES string of the molecule is CC1(C)CC(=O)C2=C(C1)N(c1cccc(F)c1)C(=O)CC2c1cccc(Cl)c1.